The fraction of sp³-hybridized carbons (Fsp3) is 0.391. The predicted octanol–water partition coefficient (Wildman–Crippen LogP) is 3.85. The van der Waals surface area contributed by atoms with Crippen molar-refractivity contribution in [1.29, 1.82) is 0 Å². The van der Waals surface area contributed by atoms with Crippen LogP contribution in [0, 0.1) is 12.8 Å². The second-order valence-electron chi connectivity index (χ2n) is 7.72. The Morgan fingerprint density at radius 3 is 2.76 bits per heavy atom. The lowest BCUT2D eigenvalue weighted by Crippen LogP contribution is -2.38. The van der Waals surface area contributed by atoms with Crippen LogP contribution >= 0.6 is 0 Å². The minimum Gasteiger partial charge on any atom is -0.383 e. The van der Waals surface area contributed by atoms with Crippen LogP contribution in [0.5, 0.6) is 0 Å². The molecule has 1 aromatic carbocycles. The Morgan fingerprint density at radius 2 is 2.03 bits per heavy atom. The van der Waals surface area contributed by atoms with E-state index in [0.717, 1.165) is 60.4 Å². The van der Waals surface area contributed by atoms with Crippen molar-refractivity contribution in [3.8, 4) is 0 Å². The van der Waals surface area contributed by atoms with Crippen LogP contribution in [0.2, 0.25) is 0 Å². The second-order valence-corrected chi connectivity index (χ2v) is 7.72. The number of piperidine rings is 1. The fourth-order valence-electron chi connectivity index (χ4n) is 3.91. The maximum absolute atomic E-state index is 12.8. The summed E-state index contributed by atoms with van der Waals surface area (Å²) in [5, 5.41) is 4.29. The summed E-state index contributed by atoms with van der Waals surface area (Å²) in [4.78, 5) is 19.6. The first-order valence-corrected chi connectivity index (χ1v) is 10.2. The Bertz CT molecular complexity index is 972. The molecular weight excluding hydrogens is 364 g/mol. The maximum atomic E-state index is 12.8. The van der Waals surface area contributed by atoms with Gasteiger partial charge in [0.05, 0.1) is 12.1 Å². The number of aryl methyl sites for hydroxylation is 1. The molecule has 6 heteroatoms. The number of carbonyl (C=O) groups excluding carboxylic acids is 1. The molecule has 1 aliphatic heterocycles. The van der Waals surface area contributed by atoms with E-state index in [4.69, 9.17) is 4.74 Å². The molecule has 1 N–H and O–H groups in total. The zero-order chi connectivity index (χ0) is 20.2. The molecule has 1 amide bonds. The van der Waals surface area contributed by atoms with Crippen LogP contribution in [0.25, 0.3) is 10.9 Å². The minimum atomic E-state index is 0.0349. The molecular formula is C23H28N4O2. The summed E-state index contributed by atoms with van der Waals surface area (Å²) >= 11 is 0. The Morgan fingerprint density at radius 1 is 1.21 bits per heavy atom. The van der Waals surface area contributed by atoms with E-state index in [9.17, 15) is 4.79 Å². The van der Waals surface area contributed by atoms with Crippen molar-refractivity contribution in [2.24, 2.45) is 5.92 Å². The number of hydrogen-bond acceptors (Lipinski definition) is 4. The molecule has 0 bridgehead atoms. The highest BCUT2D eigenvalue weighted by molar-refractivity contribution is 5.95. The second kappa shape index (κ2) is 8.66. The van der Waals surface area contributed by atoms with Crippen LogP contribution in [0.15, 0.2) is 48.8 Å². The van der Waals surface area contributed by atoms with Gasteiger partial charge in [-0.15, -0.1) is 0 Å². The first-order valence-electron chi connectivity index (χ1n) is 10.2. The molecule has 152 valence electrons. The highest BCUT2D eigenvalue weighted by Crippen LogP contribution is 2.25. The van der Waals surface area contributed by atoms with Gasteiger partial charge < -0.3 is 19.5 Å². The number of pyridine rings is 1. The summed E-state index contributed by atoms with van der Waals surface area (Å²) in [5.74, 6) is 1.14. The average Bonchev–Trinajstić information content (AvgIpc) is 3.15. The SMILES string of the molecule is COCCn1ccc2ccc(NC(=O)C3CCN(c4ccc(C)cn4)CC3)cc21. The summed E-state index contributed by atoms with van der Waals surface area (Å²) in [7, 11) is 1.71. The van der Waals surface area contributed by atoms with Gasteiger partial charge in [0.25, 0.3) is 0 Å². The first-order chi connectivity index (χ1) is 14.1. The number of ether oxygens (including phenoxy) is 1. The highest BCUT2D eigenvalue weighted by Gasteiger charge is 2.25. The van der Waals surface area contributed by atoms with E-state index in [1.807, 2.05) is 25.3 Å². The van der Waals surface area contributed by atoms with E-state index in [0.29, 0.717) is 6.61 Å². The Hall–Kier alpha value is -2.86. The molecule has 1 fully saturated rings. The normalized spacial score (nSPS) is 15.0. The maximum Gasteiger partial charge on any atom is 0.227 e. The number of methoxy groups -OCH3 is 1. The predicted molar refractivity (Wildman–Crippen MR) is 116 cm³/mol. The molecule has 2 aromatic heterocycles. The van der Waals surface area contributed by atoms with Crippen molar-refractivity contribution in [3.05, 3.63) is 54.4 Å². The summed E-state index contributed by atoms with van der Waals surface area (Å²) in [6, 6.07) is 12.3. The molecule has 0 radical (unpaired) electrons. The third-order valence-corrected chi connectivity index (χ3v) is 5.66. The number of aromatic nitrogens is 2. The van der Waals surface area contributed by atoms with E-state index in [-0.39, 0.29) is 11.8 Å². The van der Waals surface area contributed by atoms with E-state index < -0.39 is 0 Å². The third kappa shape index (κ3) is 4.43. The van der Waals surface area contributed by atoms with Crippen LogP contribution in [0.1, 0.15) is 18.4 Å². The molecule has 0 spiro atoms. The Balaban J connectivity index is 1.37. The fourth-order valence-corrected chi connectivity index (χ4v) is 3.91. The van der Waals surface area contributed by atoms with E-state index in [1.54, 1.807) is 7.11 Å². The lowest BCUT2D eigenvalue weighted by Gasteiger charge is -2.32. The van der Waals surface area contributed by atoms with Gasteiger partial charge in [-0.25, -0.2) is 4.98 Å². The Labute approximate surface area is 171 Å². The van der Waals surface area contributed by atoms with Crippen molar-refractivity contribution < 1.29 is 9.53 Å². The van der Waals surface area contributed by atoms with Gasteiger partial charge >= 0.3 is 0 Å². The van der Waals surface area contributed by atoms with Crippen molar-refractivity contribution in [3.63, 3.8) is 0 Å². The third-order valence-electron chi connectivity index (χ3n) is 5.66. The molecule has 0 unspecified atom stereocenters. The van der Waals surface area contributed by atoms with Crippen molar-refractivity contribution in [1.82, 2.24) is 9.55 Å². The quantitative estimate of drug-likeness (QED) is 0.692. The number of nitrogens with one attached hydrogen (secondary N) is 1. The van der Waals surface area contributed by atoms with Gasteiger partial charge in [-0.05, 0) is 55.0 Å². The topological polar surface area (TPSA) is 59.4 Å². The van der Waals surface area contributed by atoms with Gasteiger partial charge in [0.1, 0.15) is 5.82 Å². The van der Waals surface area contributed by atoms with Crippen molar-refractivity contribution in [2.75, 3.05) is 37.0 Å². The number of nitrogens with zero attached hydrogens (tertiary/aromatic N) is 3. The van der Waals surface area contributed by atoms with Gasteiger partial charge in [0.15, 0.2) is 0 Å². The van der Waals surface area contributed by atoms with Crippen LogP contribution in [-0.4, -0.2) is 42.3 Å². The van der Waals surface area contributed by atoms with Gasteiger partial charge in [-0.3, -0.25) is 4.79 Å². The molecule has 3 heterocycles. The number of carbonyl (C=O) groups is 1. The zero-order valence-electron chi connectivity index (χ0n) is 17.1. The number of fused-ring (bicyclic) bond motifs is 1. The summed E-state index contributed by atoms with van der Waals surface area (Å²) in [6.45, 7) is 5.21. The number of amides is 1. The number of benzene rings is 1. The molecule has 1 aliphatic rings. The van der Waals surface area contributed by atoms with Crippen LogP contribution in [0.3, 0.4) is 0 Å². The summed E-state index contributed by atoms with van der Waals surface area (Å²) in [5.41, 5.74) is 3.12. The zero-order valence-corrected chi connectivity index (χ0v) is 17.1. The van der Waals surface area contributed by atoms with E-state index >= 15 is 0 Å². The first kappa shape index (κ1) is 19.5. The number of anilines is 2. The molecule has 0 aliphatic carbocycles. The van der Waals surface area contributed by atoms with E-state index in [2.05, 4.69) is 50.2 Å². The highest BCUT2D eigenvalue weighted by atomic mass is 16.5. The smallest absolute Gasteiger partial charge is 0.227 e. The summed E-state index contributed by atoms with van der Waals surface area (Å²) < 4.78 is 7.34. The standard InChI is InChI=1S/C23H28N4O2/c1-17-3-6-22(24-16-17)27-11-8-19(9-12-27)23(28)25-20-5-4-18-7-10-26(13-14-29-2)21(18)15-20/h3-7,10,15-16,19H,8-9,11-14H2,1-2H3,(H,25,28). The van der Waals surface area contributed by atoms with Gasteiger partial charge in [-0.1, -0.05) is 12.1 Å². The molecule has 29 heavy (non-hydrogen) atoms. The number of rotatable bonds is 6. The molecule has 0 atom stereocenters. The Kier molecular flexibility index (Phi) is 5.81. The average molecular weight is 393 g/mol. The molecule has 1 saturated heterocycles. The van der Waals surface area contributed by atoms with Crippen LogP contribution < -0.4 is 10.2 Å². The van der Waals surface area contributed by atoms with Crippen LogP contribution in [-0.2, 0) is 16.1 Å². The van der Waals surface area contributed by atoms with Gasteiger partial charge in [-0.2, -0.15) is 0 Å². The molecule has 3 aromatic rings. The number of hydrogen-bond donors (Lipinski definition) is 1. The lowest BCUT2D eigenvalue weighted by molar-refractivity contribution is -0.120. The monoisotopic (exact) mass is 392 g/mol. The van der Waals surface area contributed by atoms with Crippen molar-refractivity contribution in [2.45, 2.75) is 26.3 Å². The lowest BCUT2D eigenvalue weighted by atomic mass is 9.95. The summed E-state index contributed by atoms with van der Waals surface area (Å²) in [6.07, 6.45) is 5.64. The van der Waals surface area contributed by atoms with Gasteiger partial charge in [0, 0.05) is 50.7 Å². The molecule has 4 rings (SSSR count). The molecule has 6 nitrogen and oxygen atoms in total. The largest absolute Gasteiger partial charge is 0.383 e. The van der Waals surface area contributed by atoms with Crippen LogP contribution in [0.4, 0.5) is 11.5 Å². The van der Waals surface area contributed by atoms with E-state index in [1.165, 1.54) is 0 Å². The minimum absolute atomic E-state index is 0.0349. The van der Waals surface area contributed by atoms with Gasteiger partial charge in [0.2, 0.25) is 5.91 Å². The van der Waals surface area contributed by atoms with Crippen molar-refractivity contribution >= 4 is 28.3 Å². The molecule has 0 saturated carbocycles.